The fraction of sp³-hybridized carbons (Fsp3) is 0.441. The number of carbonyl (C=O) groups is 2. The Morgan fingerprint density at radius 3 is 1.95 bits per heavy atom. The van der Waals surface area contributed by atoms with E-state index in [-0.39, 0.29) is 27.7 Å². The second-order valence-electron chi connectivity index (χ2n) is 13.5. The highest BCUT2D eigenvalue weighted by Gasteiger charge is 2.37. The Bertz CT molecular complexity index is 1520. The van der Waals surface area contributed by atoms with Crippen LogP contribution in [0.5, 0.6) is 11.5 Å². The molecule has 0 atom stereocenters. The van der Waals surface area contributed by atoms with Crippen LogP contribution in [-0.2, 0) is 26.0 Å². The second-order valence-corrected chi connectivity index (χ2v) is 15.2. The fourth-order valence-corrected chi connectivity index (χ4v) is 6.04. The normalized spacial score (nSPS) is 12.4. The predicted molar refractivity (Wildman–Crippen MR) is 171 cm³/mol. The summed E-state index contributed by atoms with van der Waals surface area (Å²) >= 11 is 0. The van der Waals surface area contributed by atoms with Crippen molar-refractivity contribution in [3.8, 4) is 11.5 Å². The third-order valence-corrected chi connectivity index (χ3v) is 8.35. The number of carboxylic acid groups (broad SMARTS) is 1. The zero-order valence-corrected chi connectivity index (χ0v) is 27.5. The van der Waals surface area contributed by atoms with Gasteiger partial charge in [0.15, 0.2) is 0 Å². The molecule has 1 aromatic heterocycles. The smallest absolute Gasteiger partial charge is 0.337 e. The highest BCUT2D eigenvalue weighted by molar-refractivity contribution is 7.92. The molecule has 3 rings (SSSR count). The van der Waals surface area contributed by atoms with Crippen molar-refractivity contribution in [1.82, 2.24) is 4.98 Å². The number of benzene rings is 2. The quantitative estimate of drug-likeness (QED) is 0.137. The largest absolute Gasteiger partial charge is 0.478 e. The van der Waals surface area contributed by atoms with Gasteiger partial charge in [0, 0.05) is 6.20 Å². The molecule has 0 aliphatic carbocycles. The molecule has 238 valence electrons. The van der Waals surface area contributed by atoms with Gasteiger partial charge in [-0.05, 0) is 120 Å². The first-order valence-corrected chi connectivity index (χ1v) is 16.2. The van der Waals surface area contributed by atoms with E-state index in [1.165, 1.54) is 29.8 Å². The summed E-state index contributed by atoms with van der Waals surface area (Å²) in [5.41, 5.74) is 0.118. The Kier molecular flexibility index (Phi) is 10.8. The van der Waals surface area contributed by atoms with Gasteiger partial charge in [0.1, 0.15) is 22.9 Å². The van der Waals surface area contributed by atoms with Crippen LogP contribution < -0.4 is 9.46 Å². The van der Waals surface area contributed by atoms with Crippen molar-refractivity contribution in [2.24, 2.45) is 10.8 Å². The van der Waals surface area contributed by atoms with Crippen LogP contribution in [0.25, 0.3) is 0 Å². The molecule has 0 unspecified atom stereocenters. The van der Waals surface area contributed by atoms with Crippen molar-refractivity contribution in [2.75, 3.05) is 4.72 Å². The van der Waals surface area contributed by atoms with E-state index in [2.05, 4.69) is 23.6 Å². The molecule has 0 aliphatic heterocycles. The Labute approximate surface area is 261 Å². The minimum atomic E-state index is -3.92. The first-order chi connectivity index (χ1) is 20.4. The van der Waals surface area contributed by atoms with Gasteiger partial charge < -0.3 is 14.6 Å². The van der Waals surface area contributed by atoms with Gasteiger partial charge in [0.25, 0.3) is 10.0 Å². The third-order valence-electron chi connectivity index (χ3n) is 6.98. The molecule has 0 aliphatic rings. The van der Waals surface area contributed by atoms with E-state index in [0.717, 1.165) is 38.3 Å². The summed E-state index contributed by atoms with van der Waals surface area (Å²) in [5, 5.41) is 8.96. The van der Waals surface area contributed by atoms with E-state index in [0.29, 0.717) is 11.5 Å². The highest BCUT2D eigenvalue weighted by Crippen LogP contribution is 2.39. The summed E-state index contributed by atoms with van der Waals surface area (Å²) in [6.45, 7) is 14.0. The maximum Gasteiger partial charge on any atom is 0.337 e. The number of carboxylic acids is 1. The van der Waals surface area contributed by atoms with Crippen molar-refractivity contribution >= 4 is 27.8 Å². The van der Waals surface area contributed by atoms with Crippen LogP contribution in [0.4, 0.5) is 5.82 Å². The fourth-order valence-electron chi connectivity index (χ4n) is 5.03. The lowest BCUT2D eigenvalue weighted by molar-refractivity contribution is -0.167. The maximum absolute atomic E-state index is 12.7. The lowest BCUT2D eigenvalue weighted by atomic mass is 9.72. The van der Waals surface area contributed by atoms with Crippen LogP contribution in [0, 0.1) is 10.8 Å². The van der Waals surface area contributed by atoms with E-state index >= 15 is 0 Å². The summed E-state index contributed by atoms with van der Waals surface area (Å²) in [5.74, 6) is -0.169. The van der Waals surface area contributed by atoms with Gasteiger partial charge in [-0.25, -0.2) is 18.2 Å². The van der Waals surface area contributed by atoms with E-state index in [1.54, 1.807) is 12.1 Å². The Morgan fingerprint density at radius 2 is 1.43 bits per heavy atom. The number of nitrogens with one attached hydrogen (secondary N) is 1. The number of ether oxygens (including phenoxy) is 2. The van der Waals surface area contributed by atoms with Gasteiger partial charge in [-0.15, -0.1) is 0 Å². The SMILES string of the molecule is CC(C)(CCCCc1ccc(Oc2ccc(S(=O)(=O)Nc3ccc(C(=O)O)cn3)cc2)cc1)CC(C)(C)C(=O)OC(C)(C)C. The minimum absolute atomic E-state index is 0.00744. The van der Waals surface area contributed by atoms with Gasteiger partial charge in [-0.3, -0.25) is 9.52 Å². The first-order valence-electron chi connectivity index (χ1n) is 14.7. The molecule has 0 radical (unpaired) electrons. The second kappa shape index (κ2) is 13.8. The monoisotopic (exact) mass is 624 g/mol. The molecule has 0 saturated heterocycles. The van der Waals surface area contributed by atoms with Crippen LogP contribution >= 0.6 is 0 Å². The number of rotatable bonds is 14. The summed E-state index contributed by atoms with van der Waals surface area (Å²) in [6.07, 6.45) is 5.85. The standard InChI is InChI=1S/C34H44N2O7S/c1-32(2,3)43-31(39)34(6,7)23-33(4,5)21-9-8-10-24-11-14-26(15-12-24)42-27-16-18-28(19-17-27)44(40,41)36-29-20-13-25(22-35-29)30(37)38/h11-20,22H,8-10,21,23H2,1-7H3,(H,35,36)(H,37,38). The summed E-state index contributed by atoms with van der Waals surface area (Å²) in [6, 6.07) is 16.4. The summed E-state index contributed by atoms with van der Waals surface area (Å²) < 4.78 is 39.3. The van der Waals surface area contributed by atoms with E-state index in [1.807, 2.05) is 58.9 Å². The summed E-state index contributed by atoms with van der Waals surface area (Å²) in [7, 11) is -3.92. The molecule has 9 nitrogen and oxygen atoms in total. The zero-order chi connectivity index (χ0) is 32.8. The molecular formula is C34H44N2O7S. The number of sulfonamides is 1. The molecule has 3 aromatic rings. The average Bonchev–Trinajstić information content (AvgIpc) is 2.91. The van der Waals surface area contributed by atoms with Crippen molar-refractivity contribution in [2.45, 2.75) is 91.1 Å². The van der Waals surface area contributed by atoms with Gasteiger partial charge in [-0.1, -0.05) is 32.4 Å². The van der Waals surface area contributed by atoms with E-state index < -0.39 is 27.0 Å². The molecule has 0 fully saturated rings. The number of pyridine rings is 1. The van der Waals surface area contributed by atoms with Crippen molar-refractivity contribution < 1.29 is 32.6 Å². The lowest BCUT2D eigenvalue weighted by Gasteiger charge is -2.35. The number of aromatic carboxylic acids is 1. The molecule has 1 heterocycles. The molecule has 2 aromatic carbocycles. The molecule has 0 spiro atoms. The molecule has 0 amide bonds. The zero-order valence-electron chi connectivity index (χ0n) is 26.6. The van der Waals surface area contributed by atoms with Crippen LogP contribution in [0.1, 0.15) is 90.1 Å². The number of hydrogen-bond acceptors (Lipinski definition) is 7. The maximum atomic E-state index is 12.7. The van der Waals surface area contributed by atoms with Gasteiger partial charge >= 0.3 is 11.9 Å². The van der Waals surface area contributed by atoms with Crippen LogP contribution in [-0.4, -0.2) is 36.0 Å². The number of carbonyl (C=O) groups excluding carboxylic acids is 1. The Hall–Kier alpha value is -3.92. The van der Waals surface area contributed by atoms with E-state index in [9.17, 15) is 18.0 Å². The number of hydrogen-bond donors (Lipinski definition) is 2. The van der Waals surface area contributed by atoms with Gasteiger partial charge in [0.05, 0.1) is 15.9 Å². The molecule has 10 heteroatoms. The molecular weight excluding hydrogens is 580 g/mol. The molecule has 0 saturated carbocycles. The Balaban J connectivity index is 1.47. The third kappa shape index (κ3) is 10.7. The predicted octanol–water partition coefficient (Wildman–Crippen LogP) is 7.87. The van der Waals surface area contributed by atoms with Crippen LogP contribution in [0.15, 0.2) is 71.8 Å². The number of aromatic nitrogens is 1. The van der Waals surface area contributed by atoms with Gasteiger partial charge in [0.2, 0.25) is 0 Å². The number of esters is 1. The van der Waals surface area contributed by atoms with Crippen molar-refractivity contribution in [3.63, 3.8) is 0 Å². The summed E-state index contributed by atoms with van der Waals surface area (Å²) in [4.78, 5) is 27.5. The number of anilines is 1. The number of aryl methyl sites for hydroxylation is 1. The Morgan fingerprint density at radius 1 is 0.841 bits per heavy atom. The lowest BCUT2D eigenvalue weighted by Crippen LogP contribution is -2.36. The topological polar surface area (TPSA) is 132 Å². The van der Waals surface area contributed by atoms with Crippen molar-refractivity contribution in [1.29, 1.82) is 0 Å². The molecule has 0 bridgehead atoms. The van der Waals surface area contributed by atoms with Gasteiger partial charge in [-0.2, -0.15) is 0 Å². The van der Waals surface area contributed by atoms with Crippen molar-refractivity contribution in [3.05, 3.63) is 78.0 Å². The van der Waals surface area contributed by atoms with Crippen LogP contribution in [0.2, 0.25) is 0 Å². The number of nitrogens with zero attached hydrogens (tertiary/aromatic N) is 1. The van der Waals surface area contributed by atoms with Crippen LogP contribution in [0.3, 0.4) is 0 Å². The number of unbranched alkanes of at least 4 members (excludes halogenated alkanes) is 1. The van der Waals surface area contributed by atoms with E-state index in [4.69, 9.17) is 14.6 Å². The molecule has 2 N–H and O–H groups in total. The first kappa shape index (κ1) is 34.6. The average molecular weight is 625 g/mol. The highest BCUT2D eigenvalue weighted by atomic mass is 32.2. The molecule has 44 heavy (non-hydrogen) atoms. The minimum Gasteiger partial charge on any atom is -0.478 e.